The molecule has 214 valence electrons. The molecule has 2 fully saturated rings. The molecule has 14 heteroatoms. The first-order chi connectivity index (χ1) is 19.9. The third-order valence-electron chi connectivity index (χ3n) is 7.67. The lowest BCUT2D eigenvalue weighted by molar-refractivity contribution is 0.139. The molecular formula is C27H28F2N8O3S. The molecule has 2 aliphatic rings. The van der Waals surface area contributed by atoms with Crippen molar-refractivity contribution < 1.29 is 17.9 Å². The molecule has 2 atom stereocenters. The summed E-state index contributed by atoms with van der Waals surface area (Å²) in [6.07, 6.45) is -0.131. The third kappa shape index (κ3) is 4.81. The van der Waals surface area contributed by atoms with Crippen LogP contribution in [0.4, 0.5) is 20.4 Å². The van der Waals surface area contributed by atoms with Gasteiger partial charge >= 0.3 is 4.87 Å². The molecule has 6 heterocycles. The van der Waals surface area contributed by atoms with Crippen molar-refractivity contribution in [2.45, 2.75) is 18.8 Å². The molecule has 2 saturated heterocycles. The summed E-state index contributed by atoms with van der Waals surface area (Å²) in [5.41, 5.74) is 8.57. The van der Waals surface area contributed by atoms with Gasteiger partial charge in [-0.25, -0.2) is 8.78 Å². The topological polar surface area (TPSA) is 119 Å². The second-order valence-electron chi connectivity index (χ2n) is 10.2. The number of thiazole rings is 1. The van der Waals surface area contributed by atoms with Crippen LogP contribution in [0.5, 0.6) is 5.75 Å². The normalized spacial score (nSPS) is 20.0. The van der Waals surface area contributed by atoms with Gasteiger partial charge in [-0.2, -0.15) is 14.6 Å². The maximum Gasteiger partial charge on any atom is 0.309 e. The minimum Gasteiger partial charge on any atom is -0.486 e. The molecule has 11 nitrogen and oxygen atoms in total. The number of nitrogens with zero attached hydrogens (tertiary/aromatic N) is 6. The zero-order valence-electron chi connectivity index (χ0n) is 22.0. The van der Waals surface area contributed by atoms with Gasteiger partial charge in [0.05, 0.1) is 17.5 Å². The van der Waals surface area contributed by atoms with Crippen molar-refractivity contribution >= 4 is 38.8 Å². The smallest absolute Gasteiger partial charge is 0.309 e. The first-order valence-electron chi connectivity index (χ1n) is 13.5. The average molecular weight is 583 g/mol. The molecule has 1 aromatic carbocycles. The van der Waals surface area contributed by atoms with Crippen molar-refractivity contribution in [2.24, 2.45) is 0 Å². The maximum atomic E-state index is 14.9. The summed E-state index contributed by atoms with van der Waals surface area (Å²) in [5.74, 6) is 0.731. The summed E-state index contributed by atoms with van der Waals surface area (Å²) in [6, 6.07) is 10.2. The Morgan fingerprint density at radius 1 is 1.15 bits per heavy atom. The van der Waals surface area contributed by atoms with Gasteiger partial charge in [-0.1, -0.05) is 11.3 Å². The Kier molecular flexibility index (Phi) is 6.60. The number of ether oxygens (including phenoxy) is 1. The molecular weight excluding hydrogens is 554 g/mol. The van der Waals surface area contributed by atoms with Gasteiger partial charge in [0.25, 0.3) is 0 Å². The molecule has 0 amide bonds. The Morgan fingerprint density at radius 2 is 2.00 bits per heavy atom. The van der Waals surface area contributed by atoms with Crippen molar-refractivity contribution in [1.82, 2.24) is 29.4 Å². The predicted molar refractivity (Wildman–Crippen MR) is 152 cm³/mol. The van der Waals surface area contributed by atoms with E-state index in [1.54, 1.807) is 29.0 Å². The molecule has 0 saturated carbocycles. The number of furan rings is 1. The summed E-state index contributed by atoms with van der Waals surface area (Å²) < 4.78 is 43.8. The molecule has 0 unspecified atom stereocenters. The fourth-order valence-electron chi connectivity index (χ4n) is 5.47. The van der Waals surface area contributed by atoms with Crippen molar-refractivity contribution in [3.05, 3.63) is 58.1 Å². The van der Waals surface area contributed by atoms with E-state index in [-0.39, 0.29) is 17.4 Å². The maximum absolute atomic E-state index is 14.9. The predicted octanol–water partition coefficient (Wildman–Crippen LogP) is 2.60. The molecule has 41 heavy (non-hydrogen) atoms. The van der Waals surface area contributed by atoms with E-state index in [1.807, 2.05) is 17.0 Å². The number of nitrogens with two attached hydrogens (primary N) is 1. The number of alkyl halides is 1. The van der Waals surface area contributed by atoms with E-state index in [4.69, 9.17) is 14.9 Å². The van der Waals surface area contributed by atoms with Gasteiger partial charge in [-0.15, -0.1) is 0 Å². The first kappa shape index (κ1) is 25.9. The molecule has 0 aliphatic carbocycles. The van der Waals surface area contributed by atoms with Gasteiger partial charge in [0.15, 0.2) is 17.6 Å². The summed E-state index contributed by atoms with van der Waals surface area (Å²) in [4.78, 5) is 21.6. The number of piperazine rings is 1. The number of benzene rings is 1. The van der Waals surface area contributed by atoms with Gasteiger partial charge in [0.1, 0.15) is 28.1 Å². The average Bonchev–Trinajstić information content (AvgIpc) is 3.76. The molecule has 3 N–H and O–H groups in total. The second kappa shape index (κ2) is 10.4. The highest BCUT2D eigenvalue weighted by atomic mass is 32.1. The number of fused-ring (bicyclic) bond motifs is 3. The SMILES string of the molecule is Nc1nc2c(sc(=O)n2CCN2CCN(c3ccc(O[C@@H]4CNC[C@H]4F)cc3F)CC2)c2cc(-c3ccco3)nn12. The highest BCUT2D eigenvalue weighted by Crippen LogP contribution is 2.29. The Bertz CT molecular complexity index is 1760. The van der Waals surface area contributed by atoms with Gasteiger partial charge in [0, 0.05) is 58.4 Å². The quantitative estimate of drug-likeness (QED) is 0.299. The van der Waals surface area contributed by atoms with Crippen molar-refractivity contribution in [3.63, 3.8) is 0 Å². The minimum absolute atomic E-state index is 0.115. The lowest BCUT2D eigenvalue weighted by Gasteiger charge is -2.36. The fourth-order valence-corrected chi connectivity index (χ4v) is 6.43. The zero-order chi connectivity index (χ0) is 28.1. The Labute approximate surface area is 236 Å². The summed E-state index contributed by atoms with van der Waals surface area (Å²) >= 11 is 1.12. The zero-order valence-corrected chi connectivity index (χ0v) is 22.8. The molecule has 0 spiro atoms. The highest BCUT2D eigenvalue weighted by Gasteiger charge is 2.29. The number of anilines is 2. The number of nitrogens with one attached hydrogen (secondary N) is 1. The minimum atomic E-state index is -1.10. The summed E-state index contributed by atoms with van der Waals surface area (Å²) in [7, 11) is 0. The first-order valence-corrected chi connectivity index (χ1v) is 14.3. The number of rotatable bonds is 7. The molecule has 7 rings (SSSR count). The fraction of sp³-hybridized carbons (Fsp3) is 0.370. The summed E-state index contributed by atoms with van der Waals surface area (Å²) in [6.45, 7) is 4.43. The van der Waals surface area contributed by atoms with E-state index in [9.17, 15) is 13.6 Å². The van der Waals surface area contributed by atoms with E-state index >= 15 is 0 Å². The lowest BCUT2D eigenvalue weighted by atomic mass is 10.2. The van der Waals surface area contributed by atoms with Crippen LogP contribution in [0.25, 0.3) is 27.3 Å². The van der Waals surface area contributed by atoms with Crippen LogP contribution in [-0.2, 0) is 6.54 Å². The number of halogens is 2. The lowest BCUT2D eigenvalue weighted by Crippen LogP contribution is -2.47. The van der Waals surface area contributed by atoms with Gasteiger partial charge in [0.2, 0.25) is 5.95 Å². The van der Waals surface area contributed by atoms with Crippen LogP contribution in [0, 0.1) is 5.82 Å². The van der Waals surface area contributed by atoms with Crippen LogP contribution >= 0.6 is 11.3 Å². The van der Waals surface area contributed by atoms with Crippen molar-refractivity contribution in [2.75, 3.05) is 56.4 Å². The van der Waals surface area contributed by atoms with Crippen molar-refractivity contribution in [3.8, 4) is 17.2 Å². The van der Waals surface area contributed by atoms with Crippen LogP contribution in [0.1, 0.15) is 0 Å². The van der Waals surface area contributed by atoms with E-state index in [2.05, 4.69) is 20.3 Å². The number of aromatic nitrogens is 4. The van der Waals surface area contributed by atoms with Crippen molar-refractivity contribution in [1.29, 1.82) is 0 Å². The van der Waals surface area contributed by atoms with E-state index in [0.717, 1.165) is 11.3 Å². The van der Waals surface area contributed by atoms with Gasteiger partial charge < -0.3 is 25.1 Å². The van der Waals surface area contributed by atoms with E-state index in [0.29, 0.717) is 84.6 Å². The molecule has 4 aromatic heterocycles. The largest absolute Gasteiger partial charge is 0.486 e. The second-order valence-corrected chi connectivity index (χ2v) is 11.2. The van der Waals surface area contributed by atoms with Gasteiger partial charge in [-0.05, 0) is 30.3 Å². The molecule has 0 radical (unpaired) electrons. The number of hydrogen-bond acceptors (Lipinski definition) is 10. The van der Waals surface area contributed by atoms with Crippen LogP contribution in [-0.4, -0.2) is 82.2 Å². The van der Waals surface area contributed by atoms with Crippen LogP contribution < -0.4 is 25.6 Å². The molecule has 2 aliphatic heterocycles. The van der Waals surface area contributed by atoms with Crippen LogP contribution in [0.15, 0.2) is 51.9 Å². The summed E-state index contributed by atoms with van der Waals surface area (Å²) in [5, 5.41) is 7.43. The van der Waals surface area contributed by atoms with E-state index in [1.165, 1.54) is 10.6 Å². The molecule has 5 aromatic rings. The van der Waals surface area contributed by atoms with Crippen LogP contribution in [0.3, 0.4) is 0 Å². The molecule has 0 bridgehead atoms. The Morgan fingerprint density at radius 3 is 2.73 bits per heavy atom. The Hall–Kier alpha value is -4.01. The van der Waals surface area contributed by atoms with Gasteiger partial charge in [-0.3, -0.25) is 14.3 Å². The number of hydrogen-bond donors (Lipinski definition) is 2. The van der Waals surface area contributed by atoms with Crippen LogP contribution in [0.2, 0.25) is 0 Å². The third-order valence-corrected chi connectivity index (χ3v) is 8.66. The number of nitrogen functional groups attached to an aromatic ring is 1. The monoisotopic (exact) mass is 582 g/mol. The Balaban J connectivity index is 1.01. The van der Waals surface area contributed by atoms with E-state index < -0.39 is 18.1 Å². The highest BCUT2D eigenvalue weighted by molar-refractivity contribution is 7.17. The standard InChI is InChI=1S/C27H28F2N8O3S/c28-17-12-16(40-23-15-31-14-18(23)29)3-4-20(17)35-8-5-34(6-9-35)7-10-36-25-24(41-27(36)38)21-13-19(22-2-1-11-39-22)33-37(21)26(30)32-25/h1-4,11-13,18,23,31H,5-10,14-15H2,(H2,30,32)/t18-,23-/m1/s1.